The van der Waals surface area contributed by atoms with Crippen LogP contribution in [0.15, 0.2) is 18.7 Å². The van der Waals surface area contributed by atoms with Gasteiger partial charge in [-0.2, -0.15) is 0 Å². The minimum absolute atomic E-state index is 0.213. The van der Waals surface area contributed by atoms with Crippen molar-refractivity contribution in [1.29, 1.82) is 0 Å². The molecule has 0 aliphatic heterocycles. The van der Waals surface area contributed by atoms with Crippen LogP contribution in [-0.2, 0) is 9.53 Å². The summed E-state index contributed by atoms with van der Waals surface area (Å²) in [5.41, 5.74) is 6.64. The van der Waals surface area contributed by atoms with E-state index in [0.29, 0.717) is 12.8 Å². The first-order valence-corrected chi connectivity index (χ1v) is 4.31. The van der Waals surface area contributed by atoms with Gasteiger partial charge in [-0.25, -0.2) is 9.97 Å². The van der Waals surface area contributed by atoms with E-state index in [4.69, 9.17) is 5.73 Å². The fourth-order valence-corrected chi connectivity index (χ4v) is 1.04. The molecule has 0 aromatic carbocycles. The number of methoxy groups -OCH3 is 1. The zero-order valence-corrected chi connectivity index (χ0v) is 8.01. The molecule has 5 nitrogen and oxygen atoms in total. The molecule has 1 rings (SSSR count). The summed E-state index contributed by atoms with van der Waals surface area (Å²) in [5.74, 6) is -0.253. The number of nitrogens with two attached hydrogens (primary N) is 1. The van der Waals surface area contributed by atoms with Crippen LogP contribution in [0.25, 0.3) is 0 Å². The Morgan fingerprint density at radius 1 is 1.57 bits per heavy atom. The van der Waals surface area contributed by atoms with Gasteiger partial charge in [-0.1, -0.05) is 0 Å². The quantitative estimate of drug-likeness (QED) is 0.705. The standard InChI is InChI=1S/C9H13N3O2/c1-14-9(13)3-2-8(10)7-4-11-6-12-5-7/h4-6,8H,2-3,10H2,1H3. The van der Waals surface area contributed by atoms with E-state index in [9.17, 15) is 4.79 Å². The highest BCUT2D eigenvalue weighted by atomic mass is 16.5. The predicted octanol–water partition coefficient (Wildman–Crippen LogP) is 0.430. The van der Waals surface area contributed by atoms with Gasteiger partial charge in [0, 0.05) is 30.4 Å². The molecule has 0 aliphatic carbocycles. The number of carbonyl (C=O) groups is 1. The number of ether oxygens (including phenoxy) is 1. The van der Waals surface area contributed by atoms with Crippen molar-refractivity contribution in [2.75, 3.05) is 7.11 Å². The van der Waals surface area contributed by atoms with Crippen molar-refractivity contribution in [3.63, 3.8) is 0 Å². The van der Waals surface area contributed by atoms with E-state index in [0.717, 1.165) is 5.56 Å². The van der Waals surface area contributed by atoms with Crippen molar-refractivity contribution >= 4 is 5.97 Å². The Morgan fingerprint density at radius 2 is 2.21 bits per heavy atom. The minimum Gasteiger partial charge on any atom is -0.469 e. The third kappa shape index (κ3) is 3.10. The first kappa shape index (κ1) is 10.6. The molecule has 0 bridgehead atoms. The van der Waals surface area contributed by atoms with Crippen LogP contribution in [0.2, 0.25) is 0 Å². The number of aromatic nitrogens is 2. The van der Waals surface area contributed by atoms with Gasteiger partial charge in [0.25, 0.3) is 0 Å². The number of esters is 1. The average Bonchev–Trinajstić information content (AvgIpc) is 2.26. The van der Waals surface area contributed by atoms with E-state index in [1.807, 2.05) is 0 Å². The van der Waals surface area contributed by atoms with Gasteiger partial charge in [0.15, 0.2) is 0 Å². The maximum Gasteiger partial charge on any atom is 0.305 e. The Morgan fingerprint density at radius 3 is 2.79 bits per heavy atom. The fourth-order valence-electron chi connectivity index (χ4n) is 1.04. The summed E-state index contributed by atoms with van der Waals surface area (Å²) in [6.45, 7) is 0. The van der Waals surface area contributed by atoms with E-state index in [1.54, 1.807) is 12.4 Å². The summed E-state index contributed by atoms with van der Waals surface area (Å²) >= 11 is 0. The molecule has 1 heterocycles. The number of carbonyl (C=O) groups excluding carboxylic acids is 1. The van der Waals surface area contributed by atoms with E-state index in [2.05, 4.69) is 14.7 Å². The molecule has 0 radical (unpaired) electrons. The molecule has 0 saturated heterocycles. The molecule has 1 unspecified atom stereocenters. The topological polar surface area (TPSA) is 78.1 Å². The smallest absolute Gasteiger partial charge is 0.305 e. The Bertz CT molecular complexity index is 289. The molecule has 0 spiro atoms. The SMILES string of the molecule is COC(=O)CCC(N)c1cncnc1. The van der Waals surface area contributed by atoms with Crippen molar-refractivity contribution in [3.05, 3.63) is 24.3 Å². The van der Waals surface area contributed by atoms with Crippen molar-refractivity contribution in [3.8, 4) is 0 Å². The minimum atomic E-state index is -0.253. The molecule has 0 aliphatic rings. The number of rotatable bonds is 4. The molecule has 14 heavy (non-hydrogen) atoms. The maximum absolute atomic E-state index is 10.8. The van der Waals surface area contributed by atoms with Crippen LogP contribution >= 0.6 is 0 Å². The molecular weight excluding hydrogens is 182 g/mol. The predicted molar refractivity (Wildman–Crippen MR) is 50.2 cm³/mol. The van der Waals surface area contributed by atoms with Gasteiger partial charge in [0.05, 0.1) is 7.11 Å². The van der Waals surface area contributed by atoms with Crippen LogP contribution in [0.1, 0.15) is 24.4 Å². The second-order valence-electron chi connectivity index (χ2n) is 2.89. The summed E-state index contributed by atoms with van der Waals surface area (Å²) in [6.07, 6.45) is 5.59. The van der Waals surface area contributed by atoms with Crippen LogP contribution in [0.4, 0.5) is 0 Å². The molecule has 0 fully saturated rings. The molecule has 0 saturated carbocycles. The van der Waals surface area contributed by atoms with Gasteiger partial charge in [0.2, 0.25) is 0 Å². The number of hydrogen-bond donors (Lipinski definition) is 1. The lowest BCUT2D eigenvalue weighted by molar-refractivity contribution is -0.140. The van der Waals surface area contributed by atoms with E-state index >= 15 is 0 Å². The van der Waals surface area contributed by atoms with E-state index in [-0.39, 0.29) is 12.0 Å². The van der Waals surface area contributed by atoms with Crippen molar-refractivity contribution in [2.24, 2.45) is 5.73 Å². The van der Waals surface area contributed by atoms with Crippen LogP contribution in [0, 0.1) is 0 Å². The van der Waals surface area contributed by atoms with E-state index < -0.39 is 0 Å². The van der Waals surface area contributed by atoms with Crippen LogP contribution in [-0.4, -0.2) is 23.0 Å². The van der Waals surface area contributed by atoms with Gasteiger partial charge in [0.1, 0.15) is 6.33 Å². The highest BCUT2D eigenvalue weighted by Gasteiger charge is 2.09. The van der Waals surface area contributed by atoms with Crippen molar-refractivity contribution < 1.29 is 9.53 Å². The number of nitrogens with zero attached hydrogens (tertiary/aromatic N) is 2. The Labute approximate surface area is 82.3 Å². The molecule has 1 aromatic rings. The third-order valence-corrected chi connectivity index (χ3v) is 1.90. The number of hydrogen-bond acceptors (Lipinski definition) is 5. The summed E-state index contributed by atoms with van der Waals surface area (Å²) in [4.78, 5) is 18.5. The lowest BCUT2D eigenvalue weighted by atomic mass is 10.1. The summed E-state index contributed by atoms with van der Waals surface area (Å²) in [7, 11) is 1.36. The van der Waals surface area contributed by atoms with Crippen LogP contribution in [0.5, 0.6) is 0 Å². The highest BCUT2D eigenvalue weighted by Crippen LogP contribution is 2.13. The molecule has 1 aromatic heterocycles. The third-order valence-electron chi connectivity index (χ3n) is 1.90. The Kier molecular flexibility index (Phi) is 4.00. The van der Waals surface area contributed by atoms with Gasteiger partial charge >= 0.3 is 5.97 Å². The van der Waals surface area contributed by atoms with Crippen molar-refractivity contribution in [1.82, 2.24) is 9.97 Å². The second kappa shape index (κ2) is 5.29. The Balaban J connectivity index is 2.43. The van der Waals surface area contributed by atoms with Gasteiger partial charge in [-0.05, 0) is 6.42 Å². The lowest BCUT2D eigenvalue weighted by Crippen LogP contribution is -2.13. The zero-order valence-electron chi connectivity index (χ0n) is 8.01. The van der Waals surface area contributed by atoms with Gasteiger partial charge in [-0.15, -0.1) is 0 Å². The highest BCUT2D eigenvalue weighted by molar-refractivity contribution is 5.69. The lowest BCUT2D eigenvalue weighted by Gasteiger charge is -2.09. The molecular formula is C9H13N3O2. The Hall–Kier alpha value is -1.49. The molecule has 0 amide bonds. The average molecular weight is 195 g/mol. The monoisotopic (exact) mass is 195 g/mol. The van der Waals surface area contributed by atoms with Crippen molar-refractivity contribution in [2.45, 2.75) is 18.9 Å². The maximum atomic E-state index is 10.8. The summed E-state index contributed by atoms with van der Waals surface area (Å²) in [6, 6.07) is -0.213. The zero-order chi connectivity index (χ0) is 10.4. The second-order valence-corrected chi connectivity index (χ2v) is 2.89. The van der Waals surface area contributed by atoms with E-state index in [1.165, 1.54) is 13.4 Å². The molecule has 76 valence electrons. The molecule has 1 atom stereocenters. The first-order valence-electron chi connectivity index (χ1n) is 4.31. The fraction of sp³-hybridized carbons (Fsp3) is 0.444. The largest absolute Gasteiger partial charge is 0.469 e. The molecule has 2 N–H and O–H groups in total. The summed E-state index contributed by atoms with van der Waals surface area (Å²) in [5, 5.41) is 0. The summed E-state index contributed by atoms with van der Waals surface area (Å²) < 4.78 is 4.51. The van der Waals surface area contributed by atoms with Gasteiger partial charge in [-0.3, -0.25) is 4.79 Å². The van der Waals surface area contributed by atoms with Gasteiger partial charge < -0.3 is 10.5 Å². The first-order chi connectivity index (χ1) is 6.74. The van der Waals surface area contributed by atoms with Crippen LogP contribution in [0.3, 0.4) is 0 Å². The van der Waals surface area contributed by atoms with Crippen LogP contribution < -0.4 is 5.73 Å². The normalized spacial score (nSPS) is 12.1. The molecule has 5 heteroatoms.